The number of rotatable bonds is 1. The van der Waals surface area contributed by atoms with Gasteiger partial charge in [0.1, 0.15) is 11.4 Å². The zero-order valence-electron chi connectivity index (χ0n) is 11.1. The van der Waals surface area contributed by atoms with E-state index in [1.165, 1.54) is 0 Å². The van der Waals surface area contributed by atoms with E-state index < -0.39 is 6.10 Å². The van der Waals surface area contributed by atoms with Crippen LogP contribution in [0.15, 0.2) is 18.2 Å². The molecule has 0 amide bonds. The molecular weight excluding hydrogens is 264 g/mol. The lowest BCUT2D eigenvalue weighted by Crippen LogP contribution is -2.46. The minimum atomic E-state index is -0.502. The number of aliphatic hydroxyl groups excluding tert-OH is 1. The van der Waals surface area contributed by atoms with E-state index in [9.17, 15) is 5.11 Å². The number of hydrogen-bond donors (Lipinski definition) is 1. The van der Waals surface area contributed by atoms with Gasteiger partial charge in [-0.15, -0.1) is 0 Å². The van der Waals surface area contributed by atoms with Crippen molar-refractivity contribution in [2.45, 2.75) is 49.9 Å². The molecule has 1 heterocycles. The fourth-order valence-corrected chi connectivity index (χ4v) is 3.54. The van der Waals surface area contributed by atoms with E-state index >= 15 is 0 Å². The molecule has 3 unspecified atom stereocenters. The first kappa shape index (κ1) is 13.2. The first-order valence-electron chi connectivity index (χ1n) is 6.81. The SMILES string of the molecule is COC1CCCC2(C1)CC(O)c1cc(Cl)ccc1O2. The van der Waals surface area contributed by atoms with E-state index in [4.69, 9.17) is 21.1 Å². The van der Waals surface area contributed by atoms with Gasteiger partial charge in [-0.25, -0.2) is 0 Å². The van der Waals surface area contributed by atoms with Crippen LogP contribution in [0.4, 0.5) is 0 Å². The minimum absolute atomic E-state index is 0.231. The number of fused-ring (bicyclic) bond motifs is 1. The van der Waals surface area contributed by atoms with E-state index in [1.54, 1.807) is 13.2 Å². The summed E-state index contributed by atoms with van der Waals surface area (Å²) in [6, 6.07) is 5.46. The van der Waals surface area contributed by atoms with Crippen LogP contribution in [0.3, 0.4) is 0 Å². The van der Waals surface area contributed by atoms with Gasteiger partial charge in [-0.2, -0.15) is 0 Å². The Morgan fingerprint density at radius 1 is 1.42 bits per heavy atom. The minimum Gasteiger partial charge on any atom is -0.487 e. The maximum atomic E-state index is 10.4. The van der Waals surface area contributed by atoms with Crippen LogP contribution in [0.1, 0.15) is 43.8 Å². The van der Waals surface area contributed by atoms with Gasteiger partial charge in [0.2, 0.25) is 0 Å². The number of benzene rings is 1. The highest BCUT2D eigenvalue weighted by Crippen LogP contribution is 2.47. The van der Waals surface area contributed by atoms with Crippen LogP contribution in [-0.4, -0.2) is 23.9 Å². The van der Waals surface area contributed by atoms with Crippen LogP contribution in [0, 0.1) is 0 Å². The molecule has 0 radical (unpaired) electrons. The molecule has 0 saturated heterocycles. The van der Waals surface area contributed by atoms with Crippen molar-refractivity contribution in [1.29, 1.82) is 0 Å². The van der Waals surface area contributed by atoms with Gasteiger partial charge < -0.3 is 14.6 Å². The molecule has 4 heteroatoms. The number of halogens is 1. The molecule has 1 fully saturated rings. The molecule has 1 aliphatic carbocycles. The molecular formula is C15H19ClO3. The van der Waals surface area contributed by atoms with E-state index in [-0.39, 0.29) is 11.7 Å². The summed E-state index contributed by atoms with van der Waals surface area (Å²) in [5.74, 6) is 0.764. The smallest absolute Gasteiger partial charge is 0.126 e. The van der Waals surface area contributed by atoms with Gasteiger partial charge >= 0.3 is 0 Å². The van der Waals surface area contributed by atoms with Gasteiger partial charge in [-0.05, 0) is 37.5 Å². The first-order valence-corrected chi connectivity index (χ1v) is 7.19. The van der Waals surface area contributed by atoms with Crippen molar-refractivity contribution >= 4 is 11.6 Å². The first-order chi connectivity index (χ1) is 9.12. The highest BCUT2D eigenvalue weighted by molar-refractivity contribution is 6.30. The second-order valence-corrected chi connectivity index (χ2v) is 6.08. The topological polar surface area (TPSA) is 38.7 Å². The summed E-state index contributed by atoms with van der Waals surface area (Å²) in [4.78, 5) is 0. The maximum Gasteiger partial charge on any atom is 0.126 e. The average Bonchev–Trinajstić information content (AvgIpc) is 2.40. The number of aliphatic hydroxyl groups is 1. The van der Waals surface area contributed by atoms with Crippen LogP contribution in [0.25, 0.3) is 0 Å². The van der Waals surface area contributed by atoms with E-state index in [1.807, 2.05) is 12.1 Å². The third kappa shape index (κ3) is 2.47. The Hall–Kier alpha value is -0.770. The Morgan fingerprint density at radius 3 is 3.05 bits per heavy atom. The highest BCUT2D eigenvalue weighted by Gasteiger charge is 2.44. The van der Waals surface area contributed by atoms with Gasteiger partial charge in [-0.3, -0.25) is 0 Å². The number of methoxy groups -OCH3 is 1. The number of hydrogen-bond acceptors (Lipinski definition) is 3. The van der Waals surface area contributed by atoms with Crippen molar-refractivity contribution in [2.75, 3.05) is 7.11 Å². The summed E-state index contributed by atoms with van der Waals surface area (Å²) < 4.78 is 11.7. The summed E-state index contributed by atoms with van der Waals surface area (Å²) >= 11 is 5.98. The molecule has 3 nitrogen and oxygen atoms in total. The van der Waals surface area contributed by atoms with Crippen LogP contribution >= 0.6 is 11.6 Å². The quantitative estimate of drug-likeness (QED) is 0.857. The van der Waals surface area contributed by atoms with Crippen LogP contribution in [0.2, 0.25) is 5.02 Å². The van der Waals surface area contributed by atoms with Crippen molar-refractivity contribution in [3.05, 3.63) is 28.8 Å². The molecule has 1 saturated carbocycles. The van der Waals surface area contributed by atoms with E-state index in [0.717, 1.165) is 37.0 Å². The normalized spacial score (nSPS) is 33.8. The summed E-state index contributed by atoms with van der Waals surface area (Å²) in [7, 11) is 1.75. The summed E-state index contributed by atoms with van der Waals surface area (Å²) in [6.45, 7) is 0. The lowest BCUT2D eigenvalue weighted by Gasteiger charge is -2.45. The standard InChI is InChI=1S/C15H19ClO3/c1-18-11-3-2-6-15(8-11)9-13(17)12-7-10(16)4-5-14(12)19-15/h4-5,7,11,13,17H,2-3,6,8-9H2,1H3. The van der Waals surface area contributed by atoms with Gasteiger partial charge in [-0.1, -0.05) is 11.6 Å². The zero-order chi connectivity index (χ0) is 13.5. The summed E-state index contributed by atoms with van der Waals surface area (Å²) in [5, 5.41) is 11.0. The Balaban J connectivity index is 1.89. The predicted octanol–water partition coefficient (Wildman–Crippen LogP) is 3.48. The second-order valence-electron chi connectivity index (χ2n) is 5.64. The largest absolute Gasteiger partial charge is 0.487 e. The predicted molar refractivity (Wildman–Crippen MR) is 73.7 cm³/mol. The molecule has 1 aromatic rings. The molecule has 1 N–H and O–H groups in total. The lowest BCUT2D eigenvalue weighted by molar-refractivity contribution is -0.0796. The molecule has 19 heavy (non-hydrogen) atoms. The summed E-state index contributed by atoms with van der Waals surface area (Å²) in [5.41, 5.74) is 0.525. The van der Waals surface area contributed by atoms with E-state index in [2.05, 4.69) is 0 Å². The molecule has 2 aliphatic rings. The summed E-state index contributed by atoms with van der Waals surface area (Å²) in [6.07, 6.45) is 4.33. The molecule has 3 rings (SSSR count). The fourth-order valence-electron chi connectivity index (χ4n) is 3.36. The van der Waals surface area contributed by atoms with Crippen molar-refractivity contribution in [1.82, 2.24) is 0 Å². The molecule has 1 aromatic carbocycles. The third-order valence-electron chi connectivity index (χ3n) is 4.31. The van der Waals surface area contributed by atoms with Crippen LogP contribution < -0.4 is 4.74 Å². The monoisotopic (exact) mass is 282 g/mol. The van der Waals surface area contributed by atoms with Crippen LogP contribution in [0.5, 0.6) is 5.75 Å². The molecule has 0 aromatic heterocycles. The second kappa shape index (κ2) is 4.97. The van der Waals surface area contributed by atoms with Crippen molar-refractivity contribution in [3.63, 3.8) is 0 Å². The fraction of sp³-hybridized carbons (Fsp3) is 0.600. The van der Waals surface area contributed by atoms with Crippen molar-refractivity contribution in [2.24, 2.45) is 0 Å². The molecule has 104 valence electrons. The Morgan fingerprint density at radius 2 is 2.26 bits per heavy atom. The van der Waals surface area contributed by atoms with Gasteiger partial charge in [0, 0.05) is 30.5 Å². The molecule has 3 atom stereocenters. The lowest BCUT2D eigenvalue weighted by atomic mass is 9.76. The van der Waals surface area contributed by atoms with E-state index in [0.29, 0.717) is 11.4 Å². The highest BCUT2D eigenvalue weighted by atomic mass is 35.5. The number of ether oxygens (including phenoxy) is 2. The molecule has 0 bridgehead atoms. The molecule has 1 aliphatic heterocycles. The third-order valence-corrected chi connectivity index (χ3v) is 4.55. The Labute approximate surface area is 118 Å². The van der Waals surface area contributed by atoms with Crippen LogP contribution in [-0.2, 0) is 4.74 Å². The van der Waals surface area contributed by atoms with Gasteiger partial charge in [0.05, 0.1) is 12.2 Å². The van der Waals surface area contributed by atoms with Gasteiger partial charge in [0.25, 0.3) is 0 Å². The maximum absolute atomic E-state index is 10.4. The van der Waals surface area contributed by atoms with Crippen molar-refractivity contribution < 1.29 is 14.6 Å². The Bertz CT molecular complexity index is 476. The molecule has 1 spiro atoms. The van der Waals surface area contributed by atoms with Crippen molar-refractivity contribution in [3.8, 4) is 5.75 Å². The average molecular weight is 283 g/mol. The zero-order valence-corrected chi connectivity index (χ0v) is 11.8. The van der Waals surface area contributed by atoms with Gasteiger partial charge in [0.15, 0.2) is 0 Å². The Kier molecular flexibility index (Phi) is 3.46.